The van der Waals surface area contributed by atoms with Crippen LogP contribution >= 0.6 is 0 Å². The Morgan fingerprint density at radius 2 is 1.82 bits per heavy atom. The molecule has 0 aliphatic rings. The summed E-state index contributed by atoms with van der Waals surface area (Å²) in [4.78, 5) is 25.4. The van der Waals surface area contributed by atoms with Gasteiger partial charge in [-0.2, -0.15) is 0 Å². The van der Waals surface area contributed by atoms with E-state index in [1.54, 1.807) is 24.3 Å². The molecule has 0 heterocycles. The van der Waals surface area contributed by atoms with E-state index >= 15 is 0 Å². The third-order valence-electron chi connectivity index (χ3n) is 1.98. The number of esters is 1. The number of hydrogen-bond donors (Lipinski definition) is 0. The third kappa shape index (κ3) is 5.50. The SMILES string of the molecule is O=C(OCCCCO[N+](=O)[O-])c1ccccc1. The molecule has 0 aliphatic carbocycles. The molecule has 0 radical (unpaired) electrons. The van der Waals surface area contributed by atoms with E-state index in [0.29, 0.717) is 18.4 Å². The zero-order chi connectivity index (χ0) is 12.5. The van der Waals surface area contributed by atoms with Crippen molar-refractivity contribution in [2.75, 3.05) is 13.2 Å². The Morgan fingerprint density at radius 1 is 1.18 bits per heavy atom. The van der Waals surface area contributed by atoms with Gasteiger partial charge in [-0.05, 0) is 25.0 Å². The Balaban J connectivity index is 2.11. The molecule has 0 aliphatic heterocycles. The average Bonchev–Trinajstić information content (AvgIpc) is 2.34. The summed E-state index contributed by atoms with van der Waals surface area (Å²) in [5.74, 6) is -0.388. The van der Waals surface area contributed by atoms with E-state index in [-0.39, 0.29) is 19.2 Å². The van der Waals surface area contributed by atoms with Crippen molar-refractivity contribution in [1.82, 2.24) is 0 Å². The smallest absolute Gasteiger partial charge is 0.338 e. The summed E-state index contributed by atoms with van der Waals surface area (Å²) in [6.07, 6.45) is 1.01. The summed E-state index contributed by atoms with van der Waals surface area (Å²) in [5.41, 5.74) is 0.494. The fourth-order valence-corrected chi connectivity index (χ4v) is 1.17. The van der Waals surface area contributed by atoms with Gasteiger partial charge in [0.25, 0.3) is 5.09 Å². The van der Waals surface area contributed by atoms with Gasteiger partial charge < -0.3 is 9.57 Å². The first-order valence-corrected chi connectivity index (χ1v) is 5.19. The molecule has 0 fully saturated rings. The number of unbranched alkanes of at least 4 members (excludes halogenated alkanes) is 1. The van der Waals surface area contributed by atoms with E-state index in [1.165, 1.54) is 0 Å². The van der Waals surface area contributed by atoms with Crippen molar-refractivity contribution in [3.63, 3.8) is 0 Å². The van der Waals surface area contributed by atoms with Crippen LogP contribution in [-0.2, 0) is 9.57 Å². The van der Waals surface area contributed by atoms with Crippen LogP contribution in [0.25, 0.3) is 0 Å². The Bertz CT molecular complexity index is 365. The van der Waals surface area contributed by atoms with Gasteiger partial charge in [0, 0.05) is 0 Å². The maximum Gasteiger partial charge on any atom is 0.338 e. The van der Waals surface area contributed by atoms with Crippen LogP contribution in [0.15, 0.2) is 30.3 Å². The fourth-order valence-electron chi connectivity index (χ4n) is 1.17. The minimum absolute atomic E-state index is 0.0237. The summed E-state index contributed by atoms with van der Waals surface area (Å²) in [6.45, 7) is 0.255. The lowest BCUT2D eigenvalue weighted by Crippen LogP contribution is -2.08. The molecule has 0 atom stereocenters. The fraction of sp³-hybridized carbons (Fsp3) is 0.364. The normalized spacial score (nSPS) is 9.65. The number of carbonyl (C=O) groups excluding carboxylic acids is 1. The van der Waals surface area contributed by atoms with E-state index in [4.69, 9.17) is 4.74 Å². The van der Waals surface area contributed by atoms with Gasteiger partial charge in [-0.15, -0.1) is 10.1 Å². The van der Waals surface area contributed by atoms with Crippen LogP contribution in [0.5, 0.6) is 0 Å². The highest BCUT2D eigenvalue weighted by molar-refractivity contribution is 5.89. The summed E-state index contributed by atoms with van der Waals surface area (Å²) in [7, 11) is 0. The molecule has 0 saturated heterocycles. The Morgan fingerprint density at radius 3 is 2.47 bits per heavy atom. The molecule has 0 aromatic heterocycles. The van der Waals surface area contributed by atoms with Gasteiger partial charge in [-0.3, -0.25) is 0 Å². The Kier molecular flexibility index (Phi) is 5.50. The van der Waals surface area contributed by atoms with Crippen LogP contribution in [0.1, 0.15) is 23.2 Å². The maximum atomic E-state index is 11.4. The van der Waals surface area contributed by atoms with Crippen molar-refractivity contribution in [2.24, 2.45) is 0 Å². The summed E-state index contributed by atoms with van der Waals surface area (Å²) < 4.78 is 4.97. The van der Waals surface area contributed by atoms with Gasteiger partial charge in [0.15, 0.2) is 0 Å². The molecule has 6 heteroatoms. The maximum absolute atomic E-state index is 11.4. The van der Waals surface area contributed by atoms with Crippen LogP contribution < -0.4 is 0 Å². The largest absolute Gasteiger partial charge is 0.462 e. The summed E-state index contributed by atoms with van der Waals surface area (Å²) in [5, 5.41) is 8.99. The number of nitrogens with zero attached hydrogens (tertiary/aromatic N) is 1. The molecule has 0 N–H and O–H groups in total. The van der Waals surface area contributed by atoms with E-state index in [1.807, 2.05) is 6.07 Å². The molecule has 0 bridgehead atoms. The lowest BCUT2D eigenvalue weighted by atomic mass is 10.2. The van der Waals surface area contributed by atoms with Crippen molar-refractivity contribution in [2.45, 2.75) is 12.8 Å². The molecule has 1 aromatic carbocycles. The minimum Gasteiger partial charge on any atom is -0.462 e. The van der Waals surface area contributed by atoms with Crippen LogP contribution in [-0.4, -0.2) is 24.3 Å². The predicted octanol–water partition coefficient (Wildman–Crippen LogP) is 1.83. The number of carbonyl (C=O) groups is 1. The van der Waals surface area contributed by atoms with Crippen LogP contribution in [0, 0.1) is 10.1 Å². The number of hydrogen-bond acceptors (Lipinski definition) is 5. The number of rotatable bonds is 7. The average molecular weight is 239 g/mol. The molecule has 0 amide bonds. The first-order valence-electron chi connectivity index (χ1n) is 5.19. The molecular formula is C11H13NO5. The summed E-state index contributed by atoms with van der Waals surface area (Å²) in [6, 6.07) is 8.64. The van der Waals surface area contributed by atoms with Gasteiger partial charge in [0.05, 0.1) is 18.8 Å². The van der Waals surface area contributed by atoms with E-state index in [0.717, 1.165) is 0 Å². The minimum atomic E-state index is -0.837. The topological polar surface area (TPSA) is 78.7 Å². The van der Waals surface area contributed by atoms with Crippen molar-refractivity contribution in [3.8, 4) is 0 Å². The Hall–Kier alpha value is -2.11. The van der Waals surface area contributed by atoms with E-state index in [9.17, 15) is 14.9 Å². The van der Waals surface area contributed by atoms with Crippen molar-refractivity contribution in [1.29, 1.82) is 0 Å². The van der Waals surface area contributed by atoms with E-state index in [2.05, 4.69) is 4.84 Å². The number of benzene rings is 1. The molecule has 92 valence electrons. The molecular weight excluding hydrogens is 226 g/mol. The molecule has 1 rings (SSSR count). The van der Waals surface area contributed by atoms with Crippen LogP contribution in [0.3, 0.4) is 0 Å². The molecule has 1 aromatic rings. The first-order chi connectivity index (χ1) is 8.20. The highest BCUT2D eigenvalue weighted by atomic mass is 16.9. The zero-order valence-electron chi connectivity index (χ0n) is 9.20. The second-order valence-electron chi connectivity index (χ2n) is 3.27. The standard InChI is InChI=1S/C11H13NO5/c13-11(10-6-2-1-3-7-10)16-8-4-5-9-17-12(14)15/h1-3,6-7H,4-5,8-9H2. The monoisotopic (exact) mass is 239 g/mol. The second kappa shape index (κ2) is 7.21. The predicted molar refractivity (Wildman–Crippen MR) is 58.9 cm³/mol. The highest BCUT2D eigenvalue weighted by Gasteiger charge is 2.05. The van der Waals surface area contributed by atoms with Crippen LogP contribution in [0.4, 0.5) is 0 Å². The van der Waals surface area contributed by atoms with Crippen LogP contribution in [0.2, 0.25) is 0 Å². The van der Waals surface area contributed by atoms with Gasteiger partial charge in [0.2, 0.25) is 0 Å². The molecule has 0 saturated carbocycles. The number of ether oxygens (including phenoxy) is 1. The molecule has 6 nitrogen and oxygen atoms in total. The van der Waals surface area contributed by atoms with Crippen molar-refractivity contribution < 1.29 is 19.5 Å². The zero-order valence-corrected chi connectivity index (χ0v) is 9.20. The van der Waals surface area contributed by atoms with Gasteiger partial charge in [0.1, 0.15) is 0 Å². The lowest BCUT2D eigenvalue weighted by Gasteiger charge is -2.04. The first kappa shape index (κ1) is 13.0. The lowest BCUT2D eigenvalue weighted by molar-refractivity contribution is -0.757. The van der Waals surface area contributed by atoms with Crippen molar-refractivity contribution in [3.05, 3.63) is 46.0 Å². The van der Waals surface area contributed by atoms with Crippen molar-refractivity contribution >= 4 is 5.97 Å². The quantitative estimate of drug-likeness (QED) is 0.314. The van der Waals surface area contributed by atoms with Gasteiger partial charge in [-0.25, -0.2) is 4.79 Å². The molecule has 0 spiro atoms. The van der Waals surface area contributed by atoms with Gasteiger partial charge in [-0.1, -0.05) is 18.2 Å². The third-order valence-corrected chi connectivity index (χ3v) is 1.98. The molecule has 17 heavy (non-hydrogen) atoms. The van der Waals surface area contributed by atoms with Gasteiger partial charge >= 0.3 is 5.97 Å². The molecule has 0 unspecified atom stereocenters. The highest BCUT2D eigenvalue weighted by Crippen LogP contribution is 2.02. The summed E-state index contributed by atoms with van der Waals surface area (Å²) >= 11 is 0. The Labute approximate surface area is 98.3 Å². The second-order valence-corrected chi connectivity index (χ2v) is 3.27. The van der Waals surface area contributed by atoms with E-state index < -0.39 is 5.09 Å².